The second kappa shape index (κ2) is 5.93. The van der Waals surface area contributed by atoms with Crippen LogP contribution in [0.3, 0.4) is 0 Å². The van der Waals surface area contributed by atoms with Crippen LogP contribution in [-0.2, 0) is 4.79 Å². The van der Waals surface area contributed by atoms with Gasteiger partial charge in [0.1, 0.15) is 5.15 Å². The maximum atomic E-state index is 10.7. The highest BCUT2D eigenvalue weighted by Gasteiger charge is 1.96. The molecule has 1 aromatic heterocycles. The minimum absolute atomic E-state index is 0.130. The Morgan fingerprint density at radius 1 is 1.67 bits per heavy atom. The highest BCUT2D eigenvalue weighted by molar-refractivity contribution is 8.13. The molecule has 0 aliphatic heterocycles. The van der Waals surface area contributed by atoms with E-state index >= 15 is 0 Å². The molecule has 1 heterocycles. The average Bonchev–Trinajstić information content (AvgIpc) is 2.18. The van der Waals surface area contributed by atoms with E-state index in [0.717, 1.165) is 11.1 Å². The quantitative estimate of drug-likeness (QED) is 0.761. The third-order valence-electron chi connectivity index (χ3n) is 1.73. The normalized spacial score (nSPS) is 10.9. The molecule has 1 rings (SSSR count). The minimum atomic E-state index is 0.130. The Hall–Kier alpha value is -0.800. The zero-order chi connectivity index (χ0) is 11.3. The summed E-state index contributed by atoms with van der Waals surface area (Å²) in [6.07, 6.45) is 5.59. The number of hydrogen-bond donors (Lipinski definition) is 0. The van der Waals surface area contributed by atoms with Gasteiger partial charge in [-0.3, -0.25) is 4.79 Å². The topological polar surface area (TPSA) is 30.0 Å². The van der Waals surface area contributed by atoms with Gasteiger partial charge in [0.15, 0.2) is 5.12 Å². The summed E-state index contributed by atoms with van der Waals surface area (Å²) >= 11 is 7.09. The Bertz CT molecular complexity index is 390. The van der Waals surface area contributed by atoms with Crippen LogP contribution < -0.4 is 0 Å². The van der Waals surface area contributed by atoms with Crippen molar-refractivity contribution in [2.45, 2.75) is 13.8 Å². The van der Waals surface area contributed by atoms with Gasteiger partial charge < -0.3 is 0 Å². The van der Waals surface area contributed by atoms with Crippen LogP contribution >= 0.6 is 23.4 Å². The maximum absolute atomic E-state index is 10.7. The van der Waals surface area contributed by atoms with Crippen molar-refractivity contribution >= 4 is 34.6 Å². The molecule has 0 spiro atoms. The van der Waals surface area contributed by atoms with E-state index in [1.807, 2.05) is 25.1 Å². The molecule has 0 saturated carbocycles. The molecule has 0 aromatic carbocycles. The van der Waals surface area contributed by atoms with Crippen LogP contribution in [0.1, 0.15) is 18.1 Å². The summed E-state index contributed by atoms with van der Waals surface area (Å²) in [5, 5.41) is 0.662. The third-order valence-corrected chi connectivity index (χ3v) is 2.89. The summed E-state index contributed by atoms with van der Waals surface area (Å²) in [5.74, 6) is 0.691. The summed E-state index contributed by atoms with van der Waals surface area (Å²) < 4.78 is 0. The molecular formula is C11H12ClNOS. The maximum Gasteiger partial charge on any atom is 0.186 e. The smallest absolute Gasteiger partial charge is 0.186 e. The van der Waals surface area contributed by atoms with E-state index < -0.39 is 0 Å². The average molecular weight is 242 g/mol. The van der Waals surface area contributed by atoms with Crippen LogP contribution in [0.25, 0.3) is 6.08 Å². The Kier molecular flexibility index (Phi) is 4.85. The highest BCUT2D eigenvalue weighted by atomic mass is 35.5. The van der Waals surface area contributed by atoms with E-state index in [-0.39, 0.29) is 5.12 Å². The van der Waals surface area contributed by atoms with Crippen LogP contribution in [0.5, 0.6) is 0 Å². The molecule has 0 radical (unpaired) electrons. The molecule has 15 heavy (non-hydrogen) atoms. The van der Waals surface area contributed by atoms with Gasteiger partial charge in [0.2, 0.25) is 0 Å². The molecule has 4 heteroatoms. The fraction of sp³-hybridized carbons (Fsp3) is 0.273. The fourth-order valence-corrected chi connectivity index (χ4v) is 1.55. The van der Waals surface area contributed by atoms with Gasteiger partial charge in [0, 0.05) is 18.9 Å². The number of aromatic nitrogens is 1. The van der Waals surface area contributed by atoms with Gasteiger partial charge in [-0.25, -0.2) is 4.98 Å². The van der Waals surface area contributed by atoms with Crippen LogP contribution in [-0.4, -0.2) is 15.9 Å². The largest absolute Gasteiger partial charge is 0.288 e. The van der Waals surface area contributed by atoms with Gasteiger partial charge in [-0.1, -0.05) is 35.5 Å². The third kappa shape index (κ3) is 4.49. The van der Waals surface area contributed by atoms with Crippen molar-refractivity contribution in [3.8, 4) is 0 Å². The summed E-state index contributed by atoms with van der Waals surface area (Å²) in [4.78, 5) is 14.7. The van der Waals surface area contributed by atoms with Gasteiger partial charge in [-0.2, -0.15) is 0 Å². The number of halogens is 1. The number of hydrogen-bond acceptors (Lipinski definition) is 3. The summed E-state index contributed by atoms with van der Waals surface area (Å²) in [5.41, 5.74) is 1.96. The molecular weight excluding hydrogens is 230 g/mol. The molecule has 0 fully saturated rings. The Labute approximate surface area is 98.7 Å². The number of rotatable bonds is 3. The van der Waals surface area contributed by atoms with Crippen molar-refractivity contribution in [3.05, 3.63) is 34.6 Å². The lowest BCUT2D eigenvalue weighted by Crippen LogP contribution is -1.84. The zero-order valence-electron chi connectivity index (χ0n) is 8.66. The first kappa shape index (κ1) is 12.3. The fourth-order valence-electron chi connectivity index (χ4n) is 1.02. The monoisotopic (exact) mass is 241 g/mol. The first-order chi connectivity index (χ1) is 7.09. The summed E-state index contributed by atoms with van der Waals surface area (Å²) in [6, 6.07) is 1.96. The van der Waals surface area contributed by atoms with Gasteiger partial charge in [-0.15, -0.1) is 0 Å². The van der Waals surface area contributed by atoms with Crippen molar-refractivity contribution in [1.82, 2.24) is 4.98 Å². The number of aryl methyl sites for hydroxylation is 1. The first-order valence-electron chi connectivity index (χ1n) is 4.51. The van der Waals surface area contributed by atoms with E-state index in [2.05, 4.69) is 4.98 Å². The number of pyridine rings is 1. The van der Waals surface area contributed by atoms with Gasteiger partial charge in [0.05, 0.1) is 0 Å². The lowest BCUT2D eigenvalue weighted by molar-refractivity contribution is -0.109. The van der Waals surface area contributed by atoms with Crippen LogP contribution in [0.2, 0.25) is 5.15 Å². The van der Waals surface area contributed by atoms with E-state index in [1.54, 1.807) is 13.1 Å². The molecule has 0 bridgehead atoms. The predicted octanol–water partition coefficient (Wildman–Crippen LogP) is 3.34. The van der Waals surface area contributed by atoms with E-state index in [1.165, 1.54) is 11.8 Å². The number of carbonyl (C=O) groups excluding carboxylic acids is 1. The van der Waals surface area contributed by atoms with Crippen molar-refractivity contribution in [1.29, 1.82) is 0 Å². The molecule has 2 nitrogen and oxygen atoms in total. The molecule has 1 aromatic rings. The molecule has 0 unspecified atom stereocenters. The molecule has 0 aliphatic carbocycles. The molecule has 0 aliphatic rings. The highest BCUT2D eigenvalue weighted by Crippen LogP contribution is 2.14. The number of carbonyl (C=O) groups is 1. The second-order valence-corrected chi connectivity index (χ2v) is 4.64. The number of thioether (sulfide) groups is 1. The SMILES string of the molecule is CC(=O)SCC=Cc1cnc(Cl)c(C)c1. The Balaban J connectivity index is 2.57. The van der Waals surface area contributed by atoms with Crippen molar-refractivity contribution < 1.29 is 4.79 Å². The Morgan fingerprint density at radius 2 is 2.40 bits per heavy atom. The van der Waals surface area contributed by atoms with E-state index in [0.29, 0.717) is 10.9 Å². The van der Waals surface area contributed by atoms with E-state index in [9.17, 15) is 4.79 Å². The molecule has 80 valence electrons. The molecule has 0 N–H and O–H groups in total. The number of nitrogens with zero attached hydrogens (tertiary/aromatic N) is 1. The molecule has 0 amide bonds. The second-order valence-electron chi connectivity index (χ2n) is 3.08. The lowest BCUT2D eigenvalue weighted by Gasteiger charge is -1.97. The van der Waals surface area contributed by atoms with Crippen molar-refractivity contribution in [3.63, 3.8) is 0 Å². The Morgan fingerprint density at radius 3 is 3.00 bits per heavy atom. The van der Waals surface area contributed by atoms with Gasteiger partial charge in [0.25, 0.3) is 0 Å². The van der Waals surface area contributed by atoms with Crippen molar-refractivity contribution in [2.75, 3.05) is 5.75 Å². The van der Waals surface area contributed by atoms with Gasteiger partial charge >= 0.3 is 0 Å². The first-order valence-corrected chi connectivity index (χ1v) is 5.88. The standard InChI is InChI=1S/C11H12ClNOS/c1-8-6-10(7-13-11(8)12)4-3-5-15-9(2)14/h3-4,6-7H,5H2,1-2H3. The van der Waals surface area contributed by atoms with E-state index in [4.69, 9.17) is 11.6 Å². The summed E-state index contributed by atoms with van der Waals surface area (Å²) in [7, 11) is 0. The van der Waals surface area contributed by atoms with Crippen LogP contribution in [0, 0.1) is 6.92 Å². The predicted molar refractivity (Wildman–Crippen MR) is 66.2 cm³/mol. The lowest BCUT2D eigenvalue weighted by atomic mass is 10.2. The van der Waals surface area contributed by atoms with Crippen LogP contribution in [0.15, 0.2) is 18.3 Å². The minimum Gasteiger partial charge on any atom is -0.288 e. The zero-order valence-corrected chi connectivity index (χ0v) is 10.2. The summed E-state index contributed by atoms with van der Waals surface area (Å²) in [6.45, 7) is 3.48. The molecule has 0 atom stereocenters. The van der Waals surface area contributed by atoms with Gasteiger partial charge in [-0.05, 0) is 24.1 Å². The molecule has 0 saturated heterocycles. The van der Waals surface area contributed by atoms with Crippen LogP contribution in [0.4, 0.5) is 0 Å². The van der Waals surface area contributed by atoms with Crippen molar-refractivity contribution in [2.24, 2.45) is 0 Å².